The summed E-state index contributed by atoms with van der Waals surface area (Å²) in [4.78, 5) is 0. The number of hydrogen-bond donors (Lipinski definition) is 2. The summed E-state index contributed by atoms with van der Waals surface area (Å²) in [5, 5.41) is 3.34. The average Bonchev–Trinajstić information content (AvgIpc) is 1.81. The van der Waals surface area contributed by atoms with Crippen molar-refractivity contribution in [3.63, 3.8) is 0 Å². The Bertz CT molecular complexity index is 97.7. The first-order chi connectivity index (χ1) is 3.91. The van der Waals surface area contributed by atoms with Crippen molar-refractivity contribution in [2.45, 2.75) is 0 Å². The maximum Gasteiger partial charge on any atom is -0.0324 e. The van der Waals surface area contributed by atoms with Crippen LogP contribution < -0.4 is 0 Å². The van der Waals surface area contributed by atoms with Gasteiger partial charge in [-0.1, -0.05) is 24.3 Å². The smallest absolute Gasteiger partial charge is 0.0324 e. The third-order valence-electron chi connectivity index (χ3n) is 0.505. The molecule has 0 aliphatic carbocycles. The van der Waals surface area contributed by atoms with E-state index >= 15 is 0 Å². The summed E-state index contributed by atoms with van der Waals surface area (Å²) >= 11 is 7.70. The van der Waals surface area contributed by atoms with E-state index in [2.05, 4.69) is 25.3 Å². The van der Waals surface area contributed by atoms with Gasteiger partial charge in [-0.15, -0.1) is 0 Å². The van der Waals surface area contributed by atoms with Crippen LogP contribution in [0.2, 0.25) is 0 Å². The van der Waals surface area contributed by atoms with E-state index in [4.69, 9.17) is 0 Å². The predicted octanol–water partition coefficient (Wildman–Crippen LogP) is 2.43. The molecule has 8 heavy (non-hydrogen) atoms. The number of allylic oxidation sites excluding steroid dienone is 4. The summed E-state index contributed by atoms with van der Waals surface area (Å²) in [6, 6.07) is 0. The summed E-state index contributed by atoms with van der Waals surface area (Å²) in [5.74, 6) is 0. The molecule has 0 saturated heterocycles. The van der Waals surface area contributed by atoms with Crippen LogP contribution in [0.15, 0.2) is 35.1 Å². The predicted molar refractivity (Wildman–Crippen MR) is 45.4 cm³/mol. The molecule has 0 amide bonds. The minimum absolute atomic E-state index is 1.67. The first-order valence-electron chi connectivity index (χ1n) is 2.18. The van der Waals surface area contributed by atoms with Crippen LogP contribution in [-0.2, 0) is 0 Å². The van der Waals surface area contributed by atoms with Crippen molar-refractivity contribution >= 4 is 25.3 Å². The average molecular weight is 144 g/mol. The summed E-state index contributed by atoms with van der Waals surface area (Å²) in [6.45, 7) is 0. The Balaban J connectivity index is 3.35. The monoisotopic (exact) mass is 144 g/mol. The highest BCUT2D eigenvalue weighted by Gasteiger charge is 1.55. The van der Waals surface area contributed by atoms with Gasteiger partial charge < -0.3 is 0 Å². The van der Waals surface area contributed by atoms with Crippen LogP contribution in [0, 0.1) is 0 Å². The van der Waals surface area contributed by atoms with Crippen molar-refractivity contribution in [1.29, 1.82) is 0 Å². The van der Waals surface area contributed by atoms with E-state index in [1.807, 2.05) is 24.3 Å². The summed E-state index contributed by atoms with van der Waals surface area (Å²) in [6.07, 6.45) is 7.41. The maximum absolute atomic E-state index is 3.85. The van der Waals surface area contributed by atoms with Gasteiger partial charge in [-0.3, -0.25) is 0 Å². The van der Waals surface area contributed by atoms with Crippen LogP contribution in [-0.4, -0.2) is 0 Å². The lowest BCUT2D eigenvalue weighted by atomic mass is 10.5. The lowest BCUT2D eigenvalue weighted by molar-refractivity contribution is 1.96. The number of thiol groups is 2. The molecule has 0 aromatic carbocycles. The Morgan fingerprint density at radius 2 is 1.00 bits per heavy atom. The van der Waals surface area contributed by atoms with Crippen LogP contribution in [0.4, 0.5) is 0 Å². The molecule has 0 radical (unpaired) electrons. The van der Waals surface area contributed by atoms with Gasteiger partial charge in [0.15, 0.2) is 0 Å². The van der Waals surface area contributed by atoms with Crippen molar-refractivity contribution < 1.29 is 0 Å². The molecule has 0 nitrogen and oxygen atoms in total. The highest BCUT2D eigenvalue weighted by Crippen LogP contribution is 1.82. The molecular weight excluding hydrogens is 136 g/mol. The molecule has 0 aromatic heterocycles. The Morgan fingerprint density at radius 3 is 1.25 bits per heavy atom. The molecule has 0 rings (SSSR count). The van der Waals surface area contributed by atoms with E-state index in [0.717, 1.165) is 0 Å². The second-order valence-electron chi connectivity index (χ2n) is 1.07. The fourth-order valence-corrected chi connectivity index (χ4v) is 0.426. The first-order valence-corrected chi connectivity index (χ1v) is 3.22. The highest BCUT2D eigenvalue weighted by molar-refractivity contribution is 7.83. The van der Waals surface area contributed by atoms with Crippen LogP contribution in [0.3, 0.4) is 0 Å². The van der Waals surface area contributed by atoms with E-state index < -0.39 is 0 Å². The molecule has 0 heterocycles. The zero-order valence-corrected chi connectivity index (χ0v) is 6.15. The normalized spacial score (nSPS) is 12.8. The van der Waals surface area contributed by atoms with Crippen molar-refractivity contribution in [2.75, 3.05) is 0 Å². The SMILES string of the molecule is S/C=C/C=C/C=C/S. The molecule has 0 unspecified atom stereocenters. The van der Waals surface area contributed by atoms with Crippen molar-refractivity contribution in [3.05, 3.63) is 35.1 Å². The summed E-state index contributed by atoms with van der Waals surface area (Å²) in [7, 11) is 0. The molecule has 2 heteroatoms. The van der Waals surface area contributed by atoms with Gasteiger partial charge in [-0.2, -0.15) is 25.3 Å². The molecule has 0 fully saturated rings. The van der Waals surface area contributed by atoms with Gasteiger partial charge in [0.1, 0.15) is 0 Å². The standard InChI is InChI=1S/C6H8S2/c7-5-3-1-2-4-6-8/h1-8H/b2-1+,5-3+,6-4+. The van der Waals surface area contributed by atoms with E-state index in [0.29, 0.717) is 0 Å². The van der Waals surface area contributed by atoms with Gasteiger partial charge in [-0.05, 0) is 10.8 Å². The van der Waals surface area contributed by atoms with E-state index in [1.54, 1.807) is 10.8 Å². The molecule has 0 aliphatic rings. The molecule has 44 valence electrons. The Labute approximate surface area is 60.8 Å². The number of rotatable bonds is 2. The second kappa shape index (κ2) is 6.92. The molecular formula is C6H8S2. The van der Waals surface area contributed by atoms with Crippen molar-refractivity contribution in [2.24, 2.45) is 0 Å². The maximum atomic E-state index is 3.85. The van der Waals surface area contributed by atoms with Gasteiger partial charge in [0.2, 0.25) is 0 Å². The van der Waals surface area contributed by atoms with E-state index in [1.165, 1.54) is 0 Å². The van der Waals surface area contributed by atoms with Gasteiger partial charge in [0.25, 0.3) is 0 Å². The topological polar surface area (TPSA) is 0 Å². The van der Waals surface area contributed by atoms with Gasteiger partial charge in [-0.25, -0.2) is 0 Å². The Morgan fingerprint density at radius 1 is 0.625 bits per heavy atom. The fraction of sp³-hybridized carbons (Fsp3) is 0. The van der Waals surface area contributed by atoms with Gasteiger partial charge >= 0.3 is 0 Å². The summed E-state index contributed by atoms with van der Waals surface area (Å²) in [5.41, 5.74) is 0. The first kappa shape index (κ1) is 7.92. The van der Waals surface area contributed by atoms with Gasteiger partial charge in [0.05, 0.1) is 0 Å². The third-order valence-corrected chi connectivity index (χ3v) is 0.850. The Kier molecular flexibility index (Phi) is 6.85. The minimum Gasteiger partial charge on any atom is -0.151 e. The van der Waals surface area contributed by atoms with Crippen LogP contribution in [0.5, 0.6) is 0 Å². The van der Waals surface area contributed by atoms with E-state index in [9.17, 15) is 0 Å². The van der Waals surface area contributed by atoms with Crippen molar-refractivity contribution in [1.82, 2.24) is 0 Å². The van der Waals surface area contributed by atoms with Crippen LogP contribution in [0.1, 0.15) is 0 Å². The van der Waals surface area contributed by atoms with Crippen LogP contribution >= 0.6 is 25.3 Å². The van der Waals surface area contributed by atoms with Gasteiger partial charge in [0, 0.05) is 0 Å². The van der Waals surface area contributed by atoms with Crippen LogP contribution in [0.25, 0.3) is 0 Å². The molecule has 0 aromatic rings. The second-order valence-corrected chi connectivity index (χ2v) is 1.66. The molecule has 0 aliphatic heterocycles. The fourth-order valence-electron chi connectivity index (χ4n) is 0.228. The van der Waals surface area contributed by atoms with E-state index in [-0.39, 0.29) is 0 Å². The molecule has 0 spiro atoms. The zero-order chi connectivity index (χ0) is 6.24. The number of hydrogen-bond acceptors (Lipinski definition) is 2. The summed E-state index contributed by atoms with van der Waals surface area (Å²) < 4.78 is 0. The lowest BCUT2D eigenvalue weighted by Gasteiger charge is -1.67. The lowest BCUT2D eigenvalue weighted by Crippen LogP contribution is -1.43. The Hall–Kier alpha value is -0.0800. The zero-order valence-electron chi connectivity index (χ0n) is 4.36. The highest BCUT2D eigenvalue weighted by atomic mass is 32.1. The molecule has 0 atom stereocenters. The molecule has 0 bridgehead atoms. The minimum atomic E-state index is 1.67. The third kappa shape index (κ3) is 5.92. The largest absolute Gasteiger partial charge is 0.151 e. The van der Waals surface area contributed by atoms with Crippen molar-refractivity contribution in [3.8, 4) is 0 Å². The molecule has 0 N–H and O–H groups in total. The quantitative estimate of drug-likeness (QED) is 0.431. The molecule has 0 saturated carbocycles.